The Bertz CT molecular complexity index is 1450. The smallest absolute Gasteiger partial charge is 0.401 e. The summed E-state index contributed by atoms with van der Waals surface area (Å²) < 4.78 is 20.8. The van der Waals surface area contributed by atoms with Crippen LogP contribution in [0.2, 0.25) is 0 Å². The molecule has 2 aromatic heterocycles. The molecule has 0 spiro atoms. The van der Waals surface area contributed by atoms with Crippen LogP contribution in [0.1, 0.15) is 92.3 Å². The van der Waals surface area contributed by atoms with E-state index in [2.05, 4.69) is 25.7 Å². The second kappa shape index (κ2) is 10.2. The van der Waals surface area contributed by atoms with Gasteiger partial charge in [-0.15, -0.1) is 4.68 Å². The number of fused-ring (bicyclic) bond motifs is 1. The van der Waals surface area contributed by atoms with Crippen LogP contribution in [0, 0.1) is 0 Å². The van der Waals surface area contributed by atoms with Crippen molar-refractivity contribution < 1.29 is 23.7 Å². The fourth-order valence-corrected chi connectivity index (χ4v) is 5.79. The van der Waals surface area contributed by atoms with E-state index in [0.29, 0.717) is 49.0 Å². The number of morpholine rings is 1. The third kappa shape index (κ3) is 4.87. The molecular weight excluding hydrogens is 508 g/mol. The van der Waals surface area contributed by atoms with Gasteiger partial charge in [0, 0.05) is 35.3 Å². The molecule has 2 N–H and O–H groups in total. The summed E-state index contributed by atoms with van der Waals surface area (Å²) in [5.41, 5.74) is 12.0. The maximum Gasteiger partial charge on any atom is 0.401 e. The van der Waals surface area contributed by atoms with Crippen LogP contribution in [0.3, 0.4) is 0 Å². The summed E-state index contributed by atoms with van der Waals surface area (Å²) in [6, 6.07) is 3.91. The van der Waals surface area contributed by atoms with Gasteiger partial charge in [0.25, 0.3) is 11.5 Å². The van der Waals surface area contributed by atoms with Crippen molar-refractivity contribution in [3.63, 3.8) is 0 Å². The number of ether oxygens (including phenoxy) is 3. The zero-order valence-corrected chi connectivity index (χ0v) is 24.3. The van der Waals surface area contributed by atoms with Crippen molar-refractivity contribution in [1.82, 2.24) is 14.7 Å². The zero-order chi connectivity index (χ0) is 28.2. The summed E-state index contributed by atoms with van der Waals surface area (Å²) in [6.07, 6.45) is 4.54. The topological polar surface area (TPSA) is 108 Å². The molecule has 1 aromatic carbocycles. The first-order chi connectivity index (χ1) is 19.2. The number of nitrogens with zero attached hydrogens (tertiary/aromatic N) is 5. The first-order valence-electron chi connectivity index (χ1n) is 14.5. The van der Waals surface area contributed by atoms with Gasteiger partial charge < -0.3 is 19.1 Å². The molecule has 3 aromatic rings. The molecule has 0 unspecified atom stereocenters. The van der Waals surface area contributed by atoms with Crippen LogP contribution in [0.15, 0.2) is 12.1 Å². The molecule has 0 bridgehead atoms. The Morgan fingerprint density at radius 1 is 1.12 bits per heavy atom. The number of carbonyl (C=O) groups is 1. The number of ketones is 1. The van der Waals surface area contributed by atoms with Crippen LogP contribution in [0.4, 0.5) is 11.6 Å². The fourth-order valence-electron chi connectivity index (χ4n) is 5.79. The standard InChI is InChI=1S/C30H40N6O4/c1-6-40-28-25(19-9-10-19)24(18-7-8-18)27-32-35(29(31)36(27)33-28)17-23(37)20-15-21(30(2,3)4)26(38-5)22(16-20)34-11-13-39-14-12-34/h15-16,18-19,31H,6-14,17H2,1-5H3/p+1. The van der Waals surface area contributed by atoms with E-state index in [9.17, 15) is 4.79 Å². The molecule has 10 heteroatoms. The third-order valence-electron chi connectivity index (χ3n) is 8.15. The maximum absolute atomic E-state index is 13.9. The van der Waals surface area contributed by atoms with Crippen molar-refractivity contribution >= 4 is 23.1 Å². The second-order valence-corrected chi connectivity index (χ2v) is 12.2. The number of methoxy groups -OCH3 is 1. The summed E-state index contributed by atoms with van der Waals surface area (Å²) in [4.78, 5) is 16.1. The molecule has 3 fully saturated rings. The average molecular weight is 550 g/mol. The van der Waals surface area contributed by atoms with Crippen LogP contribution in [0.25, 0.3) is 5.65 Å². The van der Waals surface area contributed by atoms with Crippen molar-refractivity contribution in [2.45, 2.75) is 77.2 Å². The molecule has 0 radical (unpaired) electrons. The van der Waals surface area contributed by atoms with Crippen LogP contribution in [0.5, 0.6) is 11.6 Å². The highest BCUT2D eigenvalue weighted by atomic mass is 16.5. The van der Waals surface area contributed by atoms with Crippen molar-refractivity contribution in [2.24, 2.45) is 0 Å². The van der Waals surface area contributed by atoms with Crippen molar-refractivity contribution in [2.75, 3.05) is 50.7 Å². The van der Waals surface area contributed by atoms with Gasteiger partial charge in [-0.25, -0.2) is 0 Å². The largest absolute Gasteiger partial charge is 0.494 e. The summed E-state index contributed by atoms with van der Waals surface area (Å²) in [5, 5.41) is 9.67. The van der Waals surface area contributed by atoms with Crippen molar-refractivity contribution in [3.05, 3.63) is 34.4 Å². The molecule has 1 aliphatic heterocycles. The van der Waals surface area contributed by atoms with Gasteiger partial charge in [0.2, 0.25) is 0 Å². The molecular formula is C30H41N6O4+. The molecule has 2 aliphatic carbocycles. The van der Waals surface area contributed by atoms with Gasteiger partial charge in [0.15, 0.2) is 12.3 Å². The van der Waals surface area contributed by atoms with Gasteiger partial charge >= 0.3 is 5.95 Å². The Kier molecular flexibility index (Phi) is 6.84. The minimum absolute atomic E-state index is 0.0144. The van der Waals surface area contributed by atoms with Gasteiger partial charge in [-0.3, -0.25) is 10.5 Å². The molecule has 2 saturated carbocycles. The molecule has 1 saturated heterocycles. The van der Waals surface area contributed by atoms with E-state index in [1.54, 1.807) is 16.3 Å². The quantitative estimate of drug-likeness (QED) is 0.317. The minimum atomic E-state index is -0.226. The predicted molar refractivity (Wildman–Crippen MR) is 152 cm³/mol. The summed E-state index contributed by atoms with van der Waals surface area (Å²) in [6.45, 7) is 11.7. The molecule has 40 heavy (non-hydrogen) atoms. The number of nitrogen functional groups attached to an aromatic ring is 1. The number of anilines is 2. The molecule has 3 aliphatic rings. The minimum Gasteiger partial charge on any atom is -0.494 e. The van der Waals surface area contributed by atoms with Gasteiger partial charge in [-0.2, -0.15) is 0 Å². The summed E-state index contributed by atoms with van der Waals surface area (Å²) >= 11 is 0. The molecule has 3 heterocycles. The Labute approximate surface area is 235 Å². The van der Waals surface area contributed by atoms with E-state index in [1.165, 1.54) is 11.1 Å². The Morgan fingerprint density at radius 3 is 2.40 bits per heavy atom. The number of hydrogen-bond donors (Lipinski definition) is 1. The fraction of sp³-hybridized carbons (Fsp3) is 0.600. The van der Waals surface area contributed by atoms with E-state index in [4.69, 9.17) is 30.1 Å². The highest BCUT2D eigenvalue weighted by Crippen LogP contribution is 2.53. The Morgan fingerprint density at radius 2 is 1.80 bits per heavy atom. The third-order valence-corrected chi connectivity index (χ3v) is 8.15. The van der Waals surface area contributed by atoms with Gasteiger partial charge in [-0.1, -0.05) is 35.5 Å². The number of aromatic nitrogens is 4. The molecule has 6 rings (SSSR count). The molecule has 10 nitrogen and oxygen atoms in total. The first-order valence-corrected chi connectivity index (χ1v) is 14.5. The van der Waals surface area contributed by atoms with E-state index in [0.717, 1.165) is 61.4 Å². The van der Waals surface area contributed by atoms with Crippen LogP contribution in [-0.4, -0.2) is 60.5 Å². The lowest BCUT2D eigenvalue weighted by atomic mass is 9.84. The first kappa shape index (κ1) is 26.8. The van der Waals surface area contributed by atoms with Crippen molar-refractivity contribution in [3.8, 4) is 11.6 Å². The summed E-state index contributed by atoms with van der Waals surface area (Å²) in [7, 11) is 1.69. The number of benzene rings is 1. The Balaban J connectivity index is 1.41. The molecule has 214 valence electrons. The SMILES string of the molecule is CCOc1nn2c(N)[n+](CC(=O)c3cc(N4CCOCC4)c(OC)c(C(C)(C)C)c3)nc2c(C2CC2)c1C1CC1. The number of hydrogen-bond acceptors (Lipinski definition) is 8. The predicted octanol–water partition coefficient (Wildman–Crippen LogP) is 3.78. The number of carbonyl (C=O) groups excluding carboxylic acids is 1. The highest BCUT2D eigenvalue weighted by molar-refractivity contribution is 5.97. The number of nitrogens with two attached hydrogens (primary N) is 1. The Hall–Kier alpha value is -3.40. The van der Waals surface area contributed by atoms with Gasteiger partial charge in [0.05, 0.1) is 32.6 Å². The molecule has 0 amide bonds. The lowest BCUT2D eigenvalue weighted by Gasteiger charge is -2.33. The monoisotopic (exact) mass is 549 g/mol. The van der Waals surface area contributed by atoms with Crippen LogP contribution in [-0.2, 0) is 16.7 Å². The number of rotatable bonds is 9. The van der Waals surface area contributed by atoms with E-state index in [1.807, 2.05) is 19.1 Å². The zero-order valence-electron chi connectivity index (χ0n) is 24.3. The van der Waals surface area contributed by atoms with Gasteiger partial charge in [0.1, 0.15) is 5.75 Å². The van der Waals surface area contributed by atoms with Crippen LogP contribution < -0.4 is 24.8 Å². The normalized spacial score (nSPS) is 17.9. The van der Waals surface area contributed by atoms with E-state index < -0.39 is 0 Å². The van der Waals surface area contributed by atoms with Crippen molar-refractivity contribution in [1.29, 1.82) is 0 Å². The number of Topliss-reactive ketones (excluding diaryl/α,β-unsaturated/α-hetero) is 1. The maximum atomic E-state index is 13.9. The molecule has 0 atom stereocenters. The lowest BCUT2D eigenvalue weighted by molar-refractivity contribution is -0.723. The van der Waals surface area contributed by atoms with Gasteiger partial charge in [-0.05, 0) is 62.0 Å². The summed E-state index contributed by atoms with van der Waals surface area (Å²) in [5.74, 6) is 2.63. The van der Waals surface area contributed by atoms with Crippen LogP contribution >= 0.6 is 0 Å². The van der Waals surface area contributed by atoms with E-state index in [-0.39, 0.29) is 17.7 Å². The van der Waals surface area contributed by atoms with E-state index >= 15 is 0 Å². The second-order valence-electron chi connectivity index (χ2n) is 12.2. The lowest BCUT2D eigenvalue weighted by Crippen LogP contribution is -2.42. The average Bonchev–Trinajstić information content (AvgIpc) is 3.86. The highest BCUT2D eigenvalue weighted by Gasteiger charge is 2.41.